The first-order chi connectivity index (χ1) is 8.02. The molecule has 0 atom stereocenters. The van der Waals surface area contributed by atoms with Gasteiger partial charge in [0.15, 0.2) is 0 Å². The number of allylic oxidation sites excluding steroid dienone is 1. The van der Waals surface area contributed by atoms with E-state index in [1.165, 1.54) is 13.2 Å². The van der Waals surface area contributed by atoms with Crippen LogP contribution in [0.1, 0.15) is 26.3 Å². The fourth-order valence-electron chi connectivity index (χ4n) is 1.39. The smallest absolute Gasteiger partial charge is 0.330 e. The van der Waals surface area contributed by atoms with Crippen molar-refractivity contribution >= 4 is 11.5 Å². The maximum Gasteiger partial charge on any atom is 0.330 e. The number of ether oxygens (including phenoxy) is 2. The zero-order chi connectivity index (χ0) is 12.8. The predicted molar refractivity (Wildman–Crippen MR) is 67.9 cm³/mol. The maximum absolute atomic E-state index is 11.1. The zero-order valence-electron chi connectivity index (χ0n) is 10.7. The Bertz CT molecular complexity index is 402. The molecular formula is C14H18O3. The molecular weight excluding hydrogens is 216 g/mol. The highest BCUT2D eigenvalue weighted by Gasteiger charge is 2.01. The van der Waals surface area contributed by atoms with Gasteiger partial charge in [-0.3, -0.25) is 0 Å². The second-order valence-electron chi connectivity index (χ2n) is 4.04. The number of rotatable bonds is 4. The van der Waals surface area contributed by atoms with Crippen LogP contribution >= 0.6 is 0 Å². The van der Waals surface area contributed by atoms with E-state index in [0.717, 1.165) is 16.9 Å². The van der Waals surface area contributed by atoms with Crippen LogP contribution in [0.4, 0.5) is 0 Å². The van der Waals surface area contributed by atoms with Crippen LogP contribution < -0.4 is 4.74 Å². The van der Waals surface area contributed by atoms with Crippen LogP contribution in [0.5, 0.6) is 5.75 Å². The quantitative estimate of drug-likeness (QED) is 0.593. The molecule has 0 amide bonds. The average Bonchev–Trinajstić information content (AvgIpc) is 2.28. The van der Waals surface area contributed by atoms with Crippen LogP contribution in [0, 0.1) is 0 Å². The molecule has 0 N–H and O–H groups in total. The van der Waals surface area contributed by atoms with Crippen LogP contribution in [0.25, 0.3) is 5.57 Å². The lowest BCUT2D eigenvalue weighted by Gasteiger charge is -2.10. The lowest BCUT2D eigenvalue weighted by Crippen LogP contribution is -2.05. The summed E-state index contributed by atoms with van der Waals surface area (Å²) in [5, 5.41) is 0. The molecule has 1 aromatic carbocycles. The van der Waals surface area contributed by atoms with Gasteiger partial charge in [0.05, 0.1) is 13.2 Å². The summed E-state index contributed by atoms with van der Waals surface area (Å²) in [6.45, 7) is 5.84. The van der Waals surface area contributed by atoms with Crippen molar-refractivity contribution in [3.63, 3.8) is 0 Å². The van der Waals surface area contributed by atoms with Crippen molar-refractivity contribution < 1.29 is 14.3 Å². The molecule has 0 heterocycles. The Morgan fingerprint density at radius 2 is 1.82 bits per heavy atom. The monoisotopic (exact) mass is 234 g/mol. The first-order valence-corrected chi connectivity index (χ1v) is 5.56. The summed E-state index contributed by atoms with van der Waals surface area (Å²) in [5.74, 6) is 0.486. The summed E-state index contributed by atoms with van der Waals surface area (Å²) in [4.78, 5) is 11.1. The molecule has 1 rings (SSSR count). The molecule has 3 nitrogen and oxygen atoms in total. The largest absolute Gasteiger partial charge is 0.491 e. The van der Waals surface area contributed by atoms with Crippen molar-refractivity contribution in [2.75, 3.05) is 7.11 Å². The number of hydrogen-bond donors (Lipinski definition) is 0. The highest BCUT2D eigenvalue weighted by atomic mass is 16.5. The van der Waals surface area contributed by atoms with E-state index in [-0.39, 0.29) is 12.1 Å². The fraction of sp³-hybridized carbons (Fsp3) is 0.357. The minimum atomic E-state index is -0.343. The van der Waals surface area contributed by atoms with E-state index < -0.39 is 0 Å². The number of carbonyl (C=O) groups excluding carboxylic acids is 1. The van der Waals surface area contributed by atoms with Crippen LogP contribution in [-0.4, -0.2) is 19.2 Å². The van der Waals surface area contributed by atoms with Gasteiger partial charge in [0.25, 0.3) is 0 Å². The fourth-order valence-corrected chi connectivity index (χ4v) is 1.39. The molecule has 0 spiro atoms. The van der Waals surface area contributed by atoms with Gasteiger partial charge in [-0.05, 0) is 44.0 Å². The van der Waals surface area contributed by atoms with Crippen LogP contribution in [0.3, 0.4) is 0 Å². The lowest BCUT2D eigenvalue weighted by atomic mass is 10.1. The number of benzene rings is 1. The molecule has 17 heavy (non-hydrogen) atoms. The molecule has 0 aliphatic rings. The number of hydrogen-bond acceptors (Lipinski definition) is 3. The summed E-state index contributed by atoms with van der Waals surface area (Å²) in [7, 11) is 1.37. The van der Waals surface area contributed by atoms with E-state index in [2.05, 4.69) is 4.74 Å². The lowest BCUT2D eigenvalue weighted by molar-refractivity contribution is -0.134. The molecule has 0 fully saturated rings. The molecule has 0 radical (unpaired) electrons. The SMILES string of the molecule is COC(=O)/C=C(/C)c1ccc(OC(C)C)cc1. The summed E-state index contributed by atoms with van der Waals surface area (Å²) in [6, 6.07) is 7.63. The molecule has 0 unspecified atom stereocenters. The van der Waals surface area contributed by atoms with Crippen molar-refractivity contribution in [3.8, 4) is 5.75 Å². The van der Waals surface area contributed by atoms with E-state index in [1.54, 1.807) is 0 Å². The molecule has 3 heteroatoms. The van der Waals surface area contributed by atoms with Gasteiger partial charge in [0, 0.05) is 6.08 Å². The molecule has 0 bridgehead atoms. The third kappa shape index (κ3) is 4.31. The molecule has 0 aliphatic carbocycles. The third-order valence-corrected chi connectivity index (χ3v) is 2.22. The Kier molecular flexibility index (Phi) is 4.76. The van der Waals surface area contributed by atoms with Crippen LogP contribution in [-0.2, 0) is 9.53 Å². The van der Waals surface area contributed by atoms with E-state index in [0.29, 0.717) is 0 Å². The Hall–Kier alpha value is -1.77. The highest BCUT2D eigenvalue weighted by molar-refractivity contribution is 5.90. The van der Waals surface area contributed by atoms with E-state index in [4.69, 9.17) is 4.74 Å². The van der Waals surface area contributed by atoms with Gasteiger partial charge >= 0.3 is 5.97 Å². The molecule has 92 valence electrons. The van der Waals surface area contributed by atoms with Crippen LogP contribution in [0.2, 0.25) is 0 Å². The van der Waals surface area contributed by atoms with Crippen molar-refractivity contribution in [1.82, 2.24) is 0 Å². The molecule has 1 aromatic rings. The van der Waals surface area contributed by atoms with Gasteiger partial charge in [-0.2, -0.15) is 0 Å². The Labute approximate surface area is 102 Å². The van der Waals surface area contributed by atoms with Crippen molar-refractivity contribution in [2.45, 2.75) is 26.9 Å². The van der Waals surface area contributed by atoms with Gasteiger partial charge in [0.1, 0.15) is 5.75 Å². The normalized spacial score (nSPS) is 11.5. The first kappa shape index (κ1) is 13.3. The zero-order valence-corrected chi connectivity index (χ0v) is 10.7. The Morgan fingerprint density at radius 3 is 2.29 bits per heavy atom. The van der Waals surface area contributed by atoms with Crippen molar-refractivity contribution in [3.05, 3.63) is 35.9 Å². The molecule has 0 aromatic heterocycles. The summed E-state index contributed by atoms with van der Waals surface area (Å²) >= 11 is 0. The molecule has 0 aliphatic heterocycles. The van der Waals surface area contributed by atoms with Crippen molar-refractivity contribution in [1.29, 1.82) is 0 Å². The van der Waals surface area contributed by atoms with Gasteiger partial charge < -0.3 is 9.47 Å². The Balaban J connectivity index is 2.80. The summed E-state index contributed by atoms with van der Waals surface area (Å²) in [5.41, 5.74) is 1.85. The Morgan fingerprint density at radius 1 is 1.24 bits per heavy atom. The second-order valence-corrected chi connectivity index (χ2v) is 4.04. The standard InChI is InChI=1S/C14H18O3/c1-10(2)17-13-7-5-12(6-8-13)11(3)9-14(15)16-4/h5-10H,1-4H3/b11-9-. The second kappa shape index (κ2) is 6.09. The highest BCUT2D eigenvalue weighted by Crippen LogP contribution is 2.19. The predicted octanol–water partition coefficient (Wildman–Crippen LogP) is 3.05. The first-order valence-electron chi connectivity index (χ1n) is 5.56. The minimum Gasteiger partial charge on any atom is -0.491 e. The van der Waals surface area contributed by atoms with E-state index in [1.807, 2.05) is 45.0 Å². The van der Waals surface area contributed by atoms with E-state index >= 15 is 0 Å². The number of carbonyl (C=O) groups is 1. The topological polar surface area (TPSA) is 35.5 Å². The molecule has 0 saturated heterocycles. The average molecular weight is 234 g/mol. The molecule has 0 saturated carbocycles. The van der Waals surface area contributed by atoms with Gasteiger partial charge in [-0.25, -0.2) is 4.79 Å². The van der Waals surface area contributed by atoms with E-state index in [9.17, 15) is 4.79 Å². The van der Waals surface area contributed by atoms with Crippen LogP contribution in [0.15, 0.2) is 30.3 Å². The maximum atomic E-state index is 11.1. The third-order valence-electron chi connectivity index (χ3n) is 2.22. The number of esters is 1. The van der Waals surface area contributed by atoms with Gasteiger partial charge in [-0.1, -0.05) is 12.1 Å². The van der Waals surface area contributed by atoms with Gasteiger partial charge in [-0.15, -0.1) is 0 Å². The van der Waals surface area contributed by atoms with Gasteiger partial charge in [0.2, 0.25) is 0 Å². The minimum absolute atomic E-state index is 0.160. The number of methoxy groups -OCH3 is 1. The van der Waals surface area contributed by atoms with Crippen molar-refractivity contribution in [2.24, 2.45) is 0 Å². The summed E-state index contributed by atoms with van der Waals surface area (Å²) in [6.07, 6.45) is 1.63. The summed E-state index contributed by atoms with van der Waals surface area (Å²) < 4.78 is 10.1.